The van der Waals surface area contributed by atoms with Crippen LogP contribution < -0.4 is 19.5 Å². The van der Waals surface area contributed by atoms with Crippen molar-refractivity contribution in [3.8, 4) is 17.4 Å². The molecule has 0 saturated carbocycles. The average Bonchev–Trinajstić information content (AvgIpc) is 2.65. The summed E-state index contributed by atoms with van der Waals surface area (Å²) < 4.78 is 38.9. The highest BCUT2D eigenvalue weighted by atomic mass is 19.3. The van der Waals surface area contributed by atoms with E-state index in [-0.39, 0.29) is 17.4 Å². The summed E-state index contributed by atoms with van der Waals surface area (Å²) in [6.45, 7) is -2.63. The molecule has 0 aliphatic heterocycles. The number of nitrogens with one attached hydrogen (secondary N) is 1. The molecule has 0 aliphatic carbocycles. The van der Waals surface area contributed by atoms with Gasteiger partial charge in [-0.15, -0.1) is 0 Å². The number of pyridine rings is 1. The lowest BCUT2D eigenvalue weighted by Crippen LogP contribution is -2.20. The first-order chi connectivity index (χ1) is 12.5. The smallest absolute Gasteiger partial charge is 0.387 e. The fourth-order valence-corrected chi connectivity index (χ4v) is 2.04. The van der Waals surface area contributed by atoms with Crippen LogP contribution in [-0.4, -0.2) is 31.7 Å². The number of halogens is 2. The molecule has 8 heteroatoms. The van der Waals surface area contributed by atoms with E-state index in [1.54, 1.807) is 18.3 Å². The van der Waals surface area contributed by atoms with Gasteiger partial charge in [0.05, 0.1) is 14.2 Å². The van der Waals surface area contributed by atoms with Crippen LogP contribution in [0.15, 0.2) is 42.6 Å². The highest BCUT2D eigenvalue weighted by Crippen LogP contribution is 2.29. The highest BCUT2D eigenvalue weighted by molar-refractivity contribution is 5.91. The second kappa shape index (κ2) is 9.36. The van der Waals surface area contributed by atoms with Crippen molar-refractivity contribution in [3.63, 3.8) is 0 Å². The van der Waals surface area contributed by atoms with Gasteiger partial charge in [0, 0.05) is 24.9 Å². The second-order valence-electron chi connectivity index (χ2n) is 5.05. The van der Waals surface area contributed by atoms with Crippen LogP contribution in [0.5, 0.6) is 17.4 Å². The number of benzene rings is 1. The third-order valence-electron chi connectivity index (χ3n) is 3.30. The number of hydrogen-bond donors (Lipinski definition) is 1. The molecule has 1 aromatic carbocycles. The minimum absolute atomic E-state index is 0.0730. The molecule has 0 fully saturated rings. The molecule has 2 aromatic rings. The molecule has 1 aromatic heterocycles. The van der Waals surface area contributed by atoms with Crippen molar-refractivity contribution in [1.29, 1.82) is 0 Å². The minimum atomic E-state index is -2.94. The first kappa shape index (κ1) is 19.2. The molecule has 1 N–H and O–H groups in total. The Hall–Kier alpha value is -3.16. The molecule has 0 atom stereocenters. The minimum Gasteiger partial charge on any atom is -0.493 e. The van der Waals surface area contributed by atoms with Crippen molar-refractivity contribution in [2.75, 3.05) is 14.2 Å². The number of carbonyl (C=O) groups excluding carboxylic acids is 1. The van der Waals surface area contributed by atoms with E-state index in [0.29, 0.717) is 18.0 Å². The largest absolute Gasteiger partial charge is 0.493 e. The summed E-state index contributed by atoms with van der Waals surface area (Å²) in [5.41, 5.74) is 1.42. The summed E-state index contributed by atoms with van der Waals surface area (Å²) in [5.74, 6) is 0.258. The number of alkyl halides is 2. The Morgan fingerprint density at radius 3 is 2.62 bits per heavy atom. The molecular weight excluding hydrogens is 346 g/mol. The third-order valence-corrected chi connectivity index (χ3v) is 3.30. The molecule has 138 valence electrons. The van der Waals surface area contributed by atoms with Crippen LogP contribution >= 0.6 is 0 Å². The monoisotopic (exact) mass is 364 g/mol. The quantitative estimate of drug-likeness (QED) is 0.729. The maximum Gasteiger partial charge on any atom is 0.387 e. The van der Waals surface area contributed by atoms with Gasteiger partial charge in [0.15, 0.2) is 11.5 Å². The molecule has 2 rings (SSSR count). The summed E-state index contributed by atoms with van der Waals surface area (Å²) in [6, 6.07) is 7.88. The van der Waals surface area contributed by atoms with E-state index in [2.05, 4.69) is 15.0 Å². The normalized spacial score (nSPS) is 10.8. The number of carbonyl (C=O) groups is 1. The number of methoxy groups -OCH3 is 2. The molecule has 0 bridgehead atoms. The van der Waals surface area contributed by atoms with Crippen LogP contribution in [-0.2, 0) is 11.3 Å². The van der Waals surface area contributed by atoms with E-state index in [0.717, 1.165) is 5.56 Å². The van der Waals surface area contributed by atoms with Crippen LogP contribution in [0.1, 0.15) is 11.1 Å². The first-order valence-corrected chi connectivity index (χ1v) is 7.59. The average molecular weight is 364 g/mol. The first-order valence-electron chi connectivity index (χ1n) is 7.59. The number of rotatable bonds is 8. The van der Waals surface area contributed by atoms with Crippen molar-refractivity contribution in [2.45, 2.75) is 13.2 Å². The van der Waals surface area contributed by atoms with Gasteiger partial charge in [0.2, 0.25) is 11.8 Å². The number of aromatic nitrogens is 1. The Balaban J connectivity index is 1.94. The van der Waals surface area contributed by atoms with Gasteiger partial charge in [-0.25, -0.2) is 4.98 Å². The van der Waals surface area contributed by atoms with E-state index < -0.39 is 6.61 Å². The van der Waals surface area contributed by atoms with Crippen molar-refractivity contribution in [2.24, 2.45) is 0 Å². The number of ether oxygens (including phenoxy) is 3. The van der Waals surface area contributed by atoms with Crippen LogP contribution in [0.3, 0.4) is 0 Å². The predicted octanol–water partition coefficient (Wildman–Crippen LogP) is 3.03. The van der Waals surface area contributed by atoms with Gasteiger partial charge in [-0.2, -0.15) is 8.78 Å². The molecule has 0 saturated heterocycles. The van der Waals surface area contributed by atoms with Gasteiger partial charge in [0.25, 0.3) is 0 Å². The van der Waals surface area contributed by atoms with Crippen molar-refractivity contribution in [3.05, 3.63) is 53.7 Å². The topological polar surface area (TPSA) is 69.7 Å². The SMILES string of the molecule is COc1ccc(CNC(=O)/C=C/c2ccc(OC(F)F)c(OC)c2)cn1. The zero-order valence-electron chi connectivity index (χ0n) is 14.2. The Morgan fingerprint density at radius 1 is 1.19 bits per heavy atom. The lowest BCUT2D eigenvalue weighted by Gasteiger charge is -2.10. The Kier molecular flexibility index (Phi) is 6.90. The van der Waals surface area contributed by atoms with Crippen LogP contribution in [0, 0.1) is 0 Å². The van der Waals surface area contributed by atoms with E-state index in [1.807, 2.05) is 0 Å². The van der Waals surface area contributed by atoms with Crippen molar-refractivity contribution >= 4 is 12.0 Å². The summed E-state index contributed by atoms with van der Waals surface area (Å²) in [7, 11) is 2.87. The van der Waals surface area contributed by atoms with Gasteiger partial charge in [-0.05, 0) is 29.3 Å². The van der Waals surface area contributed by atoms with Gasteiger partial charge >= 0.3 is 6.61 Å². The molecule has 1 heterocycles. The highest BCUT2D eigenvalue weighted by Gasteiger charge is 2.10. The second-order valence-corrected chi connectivity index (χ2v) is 5.05. The fraction of sp³-hybridized carbons (Fsp3) is 0.222. The maximum absolute atomic E-state index is 12.3. The number of hydrogen-bond acceptors (Lipinski definition) is 5. The zero-order chi connectivity index (χ0) is 18.9. The molecule has 0 unspecified atom stereocenters. The van der Waals surface area contributed by atoms with E-state index in [1.165, 1.54) is 44.6 Å². The summed E-state index contributed by atoms with van der Waals surface area (Å²) in [5, 5.41) is 2.71. The predicted molar refractivity (Wildman–Crippen MR) is 91.3 cm³/mol. The molecular formula is C18H18F2N2O4. The van der Waals surface area contributed by atoms with Gasteiger partial charge in [-0.3, -0.25) is 4.79 Å². The van der Waals surface area contributed by atoms with E-state index >= 15 is 0 Å². The fourth-order valence-electron chi connectivity index (χ4n) is 2.04. The van der Waals surface area contributed by atoms with Crippen LogP contribution in [0.25, 0.3) is 6.08 Å². The zero-order valence-corrected chi connectivity index (χ0v) is 14.2. The van der Waals surface area contributed by atoms with Gasteiger partial charge in [0.1, 0.15) is 0 Å². The van der Waals surface area contributed by atoms with Gasteiger partial charge < -0.3 is 19.5 Å². The molecule has 0 spiro atoms. The summed E-state index contributed by atoms with van der Waals surface area (Å²) in [4.78, 5) is 15.9. The Bertz CT molecular complexity index is 764. The van der Waals surface area contributed by atoms with Crippen LogP contribution in [0.2, 0.25) is 0 Å². The Morgan fingerprint density at radius 2 is 2.00 bits per heavy atom. The van der Waals surface area contributed by atoms with Crippen molar-refractivity contribution < 1.29 is 27.8 Å². The van der Waals surface area contributed by atoms with E-state index in [4.69, 9.17) is 9.47 Å². The van der Waals surface area contributed by atoms with Crippen molar-refractivity contribution in [1.82, 2.24) is 10.3 Å². The number of amides is 1. The lowest BCUT2D eigenvalue weighted by molar-refractivity contribution is -0.116. The van der Waals surface area contributed by atoms with Crippen LogP contribution in [0.4, 0.5) is 8.78 Å². The summed E-state index contributed by atoms with van der Waals surface area (Å²) >= 11 is 0. The molecule has 6 nitrogen and oxygen atoms in total. The Labute approximate surface area is 149 Å². The maximum atomic E-state index is 12.3. The standard InChI is InChI=1S/C18H18F2N2O4/c1-24-15-9-12(3-6-14(15)26-18(19)20)4-7-16(23)21-10-13-5-8-17(25-2)22-11-13/h3-9,11,18H,10H2,1-2H3,(H,21,23)/b7-4+. The molecule has 1 amide bonds. The molecule has 26 heavy (non-hydrogen) atoms. The van der Waals surface area contributed by atoms with Gasteiger partial charge in [-0.1, -0.05) is 12.1 Å². The molecule has 0 radical (unpaired) electrons. The summed E-state index contributed by atoms with van der Waals surface area (Å²) in [6.07, 6.45) is 4.48. The lowest BCUT2D eigenvalue weighted by atomic mass is 10.2. The third kappa shape index (κ3) is 5.73. The van der Waals surface area contributed by atoms with E-state index in [9.17, 15) is 13.6 Å². The molecule has 0 aliphatic rings. The number of nitrogens with zero attached hydrogens (tertiary/aromatic N) is 1.